The molecule has 13 heavy (non-hydrogen) atoms. The number of hydrogen-bond acceptors (Lipinski definition) is 2. The molecule has 1 spiro atoms. The molecule has 72 valence electrons. The lowest BCUT2D eigenvalue weighted by molar-refractivity contribution is -0.249. The summed E-state index contributed by atoms with van der Waals surface area (Å²) < 4.78 is 5.81. The molecule has 3 unspecified atom stereocenters. The molecule has 3 fully saturated rings. The van der Waals surface area contributed by atoms with Crippen LogP contribution in [0.3, 0.4) is 0 Å². The zero-order valence-corrected chi connectivity index (χ0v) is 7.87. The second-order valence-corrected chi connectivity index (χ2v) is 4.85. The van der Waals surface area contributed by atoms with Gasteiger partial charge in [-0.2, -0.15) is 0 Å². The summed E-state index contributed by atoms with van der Waals surface area (Å²) in [7, 11) is 0. The first kappa shape index (κ1) is 7.98. The standard InChI is InChI=1S/C11H16O2/c12-7-9-8-3-1-6-13-10(8)11(9)4-2-5-11/h7-10H,1-6H2. The number of fused-ring (bicyclic) bond motifs is 2. The van der Waals surface area contributed by atoms with Crippen molar-refractivity contribution in [2.75, 3.05) is 6.61 Å². The van der Waals surface area contributed by atoms with Crippen LogP contribution in [0.2, 0.25) is 0 Å². The molecule has 2 heteroatoms. The summed E-state index contributed by atoms with van der Waals surface area (Å²) in [6.07, 6.45) is 7.79. The van der Waals surface area contributed by atoms with E-state index in [0.717, 1.165) is 13.0 Å². The molecule has 0 N–H and O–H groups in total. The Morgan fingerprint density at radius 2 is 2.15 bits per heavy atom. The van der Waals surface area contributed by atoms with E-state index < -0.39 is 0 Å². The third-order valence-corrected chi connectivity index (χ3v) is 4.49. The van der Waals surface area contributed by atoms with Crippen LogP contribution in [0.25, 0.3) is 0 Å². The highest BCUT2D eigenvalue weighted by Crippen LogP contribution is 2.65. The highest BCUT2D eigenvalue weighted by Gasteiger charge is 2.65. The van der Waals surface area contributed by atoms with Crippen LogP contribution in [0.15, 0.2) is 0 Å². The summed E-state index contributed by atoms with van der Waals surface area (Å²) in [5.41, 5.74) is 0.312. The summed E-state index contributed by atoms with van der Waals surface area (Å²) in [6.45, 7) is 0.925. The van der Waals surface area contributed by atoms with Gasteiger partial charge >= 0.3 is 0 Å². The van der Waals surface area contributed by atoms with Gasteiger partial charge in [-0.15, -0.1) is 0 Å². The smallest absolute Gasteiger partial charge is 0.124 e. The van der Waals surface area contributed by atoms with Gasteiger partial charge < -0.3 is 9.53 Å². The average Bonchev–Trinajstić information content (AvgIpc) is 2.05. The minimum atomic E-state index is 0.312. The van der Waals surface area contributed by atoms with Crippen LogP contribution in [0, 0.1) is 17.3 Å². The van der Waals surface area contributed by atoms with Gasteiger partial charge in [0.1, 0.15) is 6.29 Å². The molecule has 1 heterocycles. The van der Waals surface area contributed by atoms with E-state index in [2.05, 4.69) is 0 Å². The Bertz CT molecular complexity index is 232. The van der Waals surface area contributed by atoms with Gasteiger partial charge in [0.15, 0.2) is 0 Å². The lowest BCUT2D eigenvalue weighted by atomic mass is 9.42. The van der Waals surface area contributed by atoms with E-state index in [9.17, 15) is 4.79 Å². The number of ether oxygens (including phenoxy) is 1. The van der Waals surface area contributed by atoms with Crippen molar-refractivity contribution in [1.29, 1.82) is 0 Å². The topological polar surface area (TPSA) is 26.3 Å². The minimum absolute atomic E-state index is 0.312. The molecule has 0 amide bonds. The predicted molar refractivity (Wildman–Crippen MR) is 48.3 cm³/mol. The van der Waals surface area contributed by atoms with E-state index in [4.69, 9.17) is 4.74 Å². The Morgan fingerprint density at radius 3 is 2.77 bits per heavy atom. The normalized spacial score (nSPS) is 46.0. The fourth-order valence-corrected chi connectivity index (χ4v) is 3.70. The SMILES string of the molecule is O=CC1C2CCCOC2C12CCC2. The van der Waals surface area contributed by atoms with Crippen LogP contribution >= 0.6 is 0 Å². The maximum Gasteiger partial charge on any atom is 0.124 e. The maximum atomic E-state index is 11.0. The molecule has 0 aromatic carbocycles. The molecule has 1 aliphatic heterocycles. The number of carbonyl (C=O) groups is 1. The fourth-order valence-electron chi connectivity index (χ4n) is 3.70. The molecule has 3 rings (SSSR count). The first-order chi connectivity index (χ1) is 6.38. The van der Waals surface area contributed by atoms with Gasteiger partial charge in [0.05, 0.1) is 6.10 Å². The Hall–Kier alpha value is -0.370. The molecule has 3 atom stereocenters. The molecule has 3 aliphatic rings. The van der Waals surface area contributed by atoms with E-state index in [1.807, 2.05) is 0 Å². The summed E-state index contributed by atoms with van der Waals surface area (Å²) >= 11 is 0. The van der Waals surface area contributed by atoms with E-state index in [-0.39, 0.29) is 0 Å². The van der Waals surface area contributed by atoms with Crippen LogP contribution in [-0.2, 0) is 9.53 Å². The van der Waals surface area contributed by atoms with Crippen LogP contribution in [0.5, 0.6) is 0 Å². The van der Waals surface area contributed by atoms with Crippen LogP contribution in [0.1, 0.15) is 32.1 Å². The van der Waals surface area contributed by atoms with E-state index in [1.165, 1.54) is 32.0 Å². The number of hydrogen-bond donors (Lipinski definition) is 0. The second kappa shape index (κ2) is 2.57. The van der Waals surface area contributed by atoms with E-state index >= 15 is 0 Å². The Balaban J connectivity index is 1.83. The Morgan fingerprint density at radius 1 is 1.31 bits per heavy atom. The largest absolute Gasteiger partial charge is 0.377 e. The molecular weight excluding hydrogens is 164 g/mol. The zero-order valence-electron chi connectivity index (χ0n) is 7.87. The van der Waals surface area contributed by atoms with Gasteiger partial charge in [-0.3, -0.25) is 0 Å². The summed E-state index contributed by atoms with van der Waals surface area (Å²) in [5, 5.41) is 0. The predicted octanol–water partition coefficient (Wildman–Crippen LogP) is 1.78. The van der Waals surface area contributed by atoms with Crippen molar-refractivity contribution in [2.24, 2.45) is 17.3 Å². The van der Waals surface area contributed by atoms with E-state index in [1.54, 1.807) is 0 Å². The second-order valence-electron chi connectivity index (χ2n) is 4.85. The fraction of sp³-hybridized carbons (Fsp3) is 0.909. The van der Waals surface area contributed by atoms with Gasteiger partial charge in [0.25, 0.3) is 0 Å². The molecule has 1 saturated heterocycles. The summed E-state index contributed by atoms with van der Waals surface area (Å²) in [4.78, 5) is 11.0. The molecule has 0 bridgehead atoms. The van der Waals surface area contributed by atoms with Crippen molar-refractivity contribution in [3.05, 3.63) is 0 Å². The van der Waals surface area contributed by atoms with Crippen molar-refractivity contribution >= 4 is 6.29 Å². The van der Waals surface area contributed by atoms with Crippen molar-refractivity contribution in [1.82, 2.24) is 0 Å². The lowest BCUT2D eigenvalue weighted by Crippen LogP contribution is -2.66. The number of aldehydes is 1. The maximum absolute atomic E-state index is 11.0. The van der Waals surface area contributed by atoms with Gasteiger partial charge in [0.2, 0.25) is 0 Å². The molecule has 2 aliphatic carbocycles. The van der Waals surface area contributed by atoms with Gasteiger partial charge in [-0.1, -0.05) is 6.42 Å². The summed E-state index contributed by atoms with van der Waals surface area (Å²) in [5.74, 6) is 0.915. The minimum Gasteiger partial charge on any atom is -0.377 e. The van der Waals surface area contributed by atoms with E-state index in [0.29, 0.717) is 23.4 Å². The monoisotopic (exact) mass is 180 g/mol. The number of rotatable bonds is 1. The zero-order chi connectivity index (χ0) is 8.89. The molecule has 0 aromatic heterocycles. The lowest BCUT2D eigenvalue weighted by Gasteiger charge is -2.65. The quantitative estimate of drug-likeness (QED) is 0.575. The third-order valence-electron chi connectivity index (χ3n) is 4.49. The van der Waals surface area contributed by atoms with Crippen molar-refractivity contribution < 1.29 is 9.53 Å². The van der Waals surface area contributed by atoms with Crippen LogP contribution in [0.4, 0.5) is 0 Å². The van der Waals surface area contributed by atoms with Crippen molar-refractivity contribution in [3.63, 3.8) is 0 Å². The molecular formula is C11H16O2. The first-order valence-corrected chi connectivity index (χ1v) is 5.45. The summed E-state index contributed by atoms with van der Waals surface area (Å²) in [6, 6.07) is 0. The Kier molecular flexibility index (Phi) is 1.58. The number of carbonyl (C=O) groups excluding carboxylic acids is 1. The highest BCUT2D eigenvalue weighted by molar-refractivity contribution is 5.59. The third kappa shape index (κ3) is 0.804. The van der Waals surface area contributed by atoms with Crippen molar-refractivity contribution in [3.8, 4) is 0 Å². The highest BCUT2D eigenvalue weighted by atomic mass is 16.5. The average molecular weight is 180 g/mol. The molecule has 2 nitrogen and oxygen atoms in total. The molecule has 0 aromatic rings. The van der Waals surface area contributed by atoms with Gasteiger partial charge in [0, 0.05) is 17.9 Å². The van der Waals surface area contributed by atoms with Crippen molar-refractivity contribution in [2.45, 2.75) is 38.2 Å². The molecule has 0 radical (unpaired) electrons. The molecule has 2 saturated carbocycles. The Labute approximate surface area is 78.6 Å². The van der Waals surface area contributed by atoms with Crippen LogP contribution < -0.4 is 0 Å². The van der Waals surface area contributed by atoms with Gasteiger partial charge in [-0.25, -0.2) is 0 Å². The van der Waals surface area contributed by atoms with Gasteiger partial charge in [-0.05, 0) is 31.6 Å². The van der Waals surface area contributed by atoms with Crippen LogP contribution in [-0.4, -0.2) is 19.0 Å². The first-order valence-electron chi connectivity index (χ1n) is 5.45.